The highest BCUT2D eigenvalue weighted by Gasteiger charge is 2.24. The molecule has 222 valence electrons. The summed E-state index contributed by atoms with van der Waals surface area (Å²) in [5, 5.41) is 19.2. The van der Waals surface area contributed by atoms with Gasteiger partial charge in [0, 0.05) is 10.8 Å². The first-order valence-corrected chi connectivity index (χ1v) is 14.3. The molecule has 0 saturated heterocycles. The summed E-state index contributed by atoms with van der Waals surface area (Å²) in [7, 11) is 0. The molecule has 6 heteroatoms. The number of aromatic hydroxyl groups is 2. The summed E-state index contributed by atoms with van der Waals surface area (Å²) in [5.41, 5.74) is 4.13. The van der Waals surface area contributed by atoms with Gasteiger partial charge in [0.1, 0.15) is 23.0 Å². The highest BCUT2D eigenvalue weighted by Crippen LogP contribution is 2.34. The van der Waals surface area contributed by atoms with E-state index in [2.05, 4.69) is 27.7 Å². The zero-order chi connectivity index (χ0) is 31.5. The topological polar surface area (TPSA) is 93.1 Å². The quantitative estimate of drug-likeness (QED) is 0.141. The zero-order valence-electron chi connectivity index (χ0n) is 25.1. The zero-order valence-corrected chi connectivity index (χ0v) is 25.1. The van der Waals surface area contributed by atoms with Gasteiger partial charge in [-0.2, -0.15) is 0 Å². The number of carbonyl (C=O) groups excluding carboxylic acids is 2. The fourth-order valence-electron chi connectivity index (χ4n) is 5.04. The van der Waals surface area contributed by atoms with Crippen LogP contribution in [-0.4, -0.2) is 22.2 Å². The minimum Gasteiger partial charge on any atom is -0.508 e. The van der Waals surface area contributed by atoms with Crippen LogP contribution in [0.2, 0.25) is 0 Å². The molecule has 0 spiro atoms. The minimum atomic E-state index is -0.540. The van der Waals surface area contributed by atoms with Crippen molar-refractivity contribution in [3.8, 4) is 23.0 Å². The average Bonchev–Trinajstić information content (AvgIpc) is 3.02. The van der Waals surface area contributed by atoms with Crippen LogP contribution in [0, 0.1) is 0 Å². The number of esters is 2. The third-order valence-corrected chi connectivity index (χ3v) is 8.11. The lowest BCUT2D eigenvalue weighted by Crippen LogP contribution is -2.18. The summed E-state index contributed by atoms with van der Waals surface area (Å²) in [6.07, 6.45) is 0. The standard InChI is InChI=1S/C38H34O6/c1-37(2,27-9-17-31(39)18-10-27)29-13-21-33(22-14-29)43-35(41)25-5-7-26(8-6-25)36(42)44-34-23-15-30(16-24-34)38(3,4)28-11-19-32(40)20-12-28/h5-24,39-40H,1-4H3. The van der Waals surface area contributed by atoms with E-state index in [0.29, 0.717) is 22.6 Å². The predicted octanol–water partition coefficient (Wildman–Crippen LogP) is 8.19. The number of phenolic OH excluding ortho intramolecular Hbond substituents is 2. The molecule has 5 rings (SSSR count). The number of rotatable bonds is 8. The van der Waals surface area contributed by atoms with E-state index in [-0.39, 0.29) is 22.3 Å². The van der Waals surface area contributed by atoms with Gasteiger partial charge in [-0.3, -0.25) is 0 Å². The number of benzene rings is 5. The Labute approximate surface area is 257 Å². The molecule has 0 bridgehead atoms. The number of hydrogen-bond donors (Lipinski definition) is 2. The van der Waals surface area contributed by atoms with Gasteiger partial charge in [-0.05, 0) is 95.1 Å². The predicted molar refractivity (Wildman–Crippen MR) is 170 cm³/mol. The molecule has 6 nitrogen and oxygen atoms in total. The molecule has 0 aliphatic carbocycles. The first kappa shape index (κ1) is 30.1. The van der Waals surface area contributed by atoms with E-state index < -0.39 is 11.9 Å². The minimum absolute atomic E-state index is 0.217. The first-order chi connectivity index (χ1) is 20.9. The summed E-state index contributed by atoms with van der Waals surface area (Å²) < 4.78 is 11.1. The lowest BCUT2D eigenvalue weighted by molar-refractivity contribution is 0.0720. The van der Waals surface area contributed by atoms with Crippen LogP contribution in [0.4, 0.5) is 0 Å². The van der Waals surface area contributed by atoms with Gasteiger partial charge in [-0.1, -0.05) is 76.2 Å². The fraction of sp³-hybridized carbons (Fsp3) is 0.158. The van der Waals surface area contributed by atoms with E-state index in [4.69, 9.17) is 9.47 Å². The first-order valence-electron chi connectivity index (χ1n) is 14.3. The lowest BCUT2D eigenvalue weighted by Gasteiger charge is -2.26. The van der Waals surface area contributed by atoms with Gasteiger partial charge < -0.3 is 19.7 Å². The van der Waals surface area contributed by atoms with Gasteiger partial charge >= 0.3 is 11.9 Å². The van der Waals surface area contributed by atoms with Crippen LogP contribution in [0.5, 0.6) is 23.0 Å². The van der Waals surface area contributed by atoms with Crippen molar-refractivity contribution >= 4 is 11.9 Å². The number of carbonyl (C=O) groups is 2. The Morgan fingerprint density at radius 2 is 0.682 bits per heavy atom. The molecule has 44 heavy (non-hydrogen) atoms. The van der Waals surface area contributed by atoms with Gasteiger partial charge in [0.15, 0.2) is 0 Å². The van der Waals surface area contributed by atoms with Crippen molar-refractivity contribution in [3.63, 3.8) is 0 Å². The molecule has 0 fully saturated rings. The normalized spacial score (nSPS) is 11.5. The van der Waals surface area contributed by atoms with Gasteiger partial charge in [0.05, 0.1) is 11.1 Å². The summed E-state index contributed by atoms with van der Waals surface area (Å²) in [5.74, 6) is 0.162. The van der Waals surface area contributed by atoms with E-state index in [1.165, 1.54) is 24.3 Å². The molecule has 0 unspecified atom stereocenters. The van der Waals surface area contributed by atoms with Crippen LogP contribution in [-0.2, 0) is 10.8 Å². The summed E-state index contributed by atoms with van der Waals surface area (Å²) in [6.45, 7) is 8.34. The maximum atomic E-state index is 12.8. The van der Waals surface area contributed by atoms with Gasteiger partial charge in [0.25, 0.3) is 0 Å². The number of phenols is 2. The van der Waals surface area contributed by atoms with E-state index in [0.717, 1.165) is 22.3 Å². The third kappa shape index (κ3) is 6.50. The largest absolute Gasteiger partial charge is 0.508 e. The molecule has 0 aromatic heterocycles. The molecule has 5 aromatic carbocycles. The van der Waals surface area contributed by atoms with Crippen LogP contribution in [0.1, 0.15) is 70.7 Å². The van der Waals surface area contributed by atoms with Crippen molar-refractivity contribution in [3.05, 3.63) is 155 Å². The molecule has 0 radical (unpaired) electrons. The highest BCUT2D eigenvalue weighted by molar-refractivity contribution is 5.94. The van der Waals surface area contributed by atoms with Crippen molar-refractivity contribution < 1.29 is 29.3 Å². The Morgan fingerprint density at radius 1 is 0.432 bits per heavy atom. The smallest absolute Gasteiger partial charge is 0.343 e. The fourth-order valence-corrected chi connectivity index (χ4v) is 5.04. The third-order valence-electron chi connectivity index (χ3n) is 8.11. The lowest BCUT2D eigenvalue weighted by atomic mass is 9.78. The Morgan fingerprint density at radius 3 is 0.955 bits per heavy atom. The van der Waals surface area contributed by atoms with E-state index >= 15 is 0 Å². The van der Waals surface area contributed by atoms with Gasteiger partial charge in [0.2, 0.25) is 0 Å². The van der Waals surface area contributed by atoms with Crippen molar-refractivity contribution in [2.24, 2.45) is 0 Å². The average molecular weight is 587 g/mol. The van der Waals surface area contributed by atoms with Crippen LogP contribution in [0.15, 0.2) is 121 Å². The molecule has 0 atom stereocenters. The van der Waals surface area contributed by atoms with Crippen molar-refractivity contribution in [1.29, 1.82) is 0 Å². The molecule has 0 amide bonds. The van der Waals surface area contributed by atoms with Crippen molar-refractivity contribution in [2.75, 3.05) is 0 Å². The SMILES string of the molecule is CC(C)(c1ccc(O)cc1)c1ccc(OC(=O)c2ccc(C(=O)Oc3ccc(C(C)(C)c4ccc(O)cc4)cc3)cc2)cc1. The Hall–Kier alpha value is -5.36. The Kier molecular flexibility index (Phi) is 8.28. The Bertz CT molecular complexity index is 1610. The van der Waals surface area contributed by atoms with E-state index in [9.17, 15) is 19.8 Å². The summed E-state index contributed by atoms with van der Waals surface area (Å²) >= 11 is 0. The van der Waals surface area contributed by atoms with Gasteiger partial charge in [-0.25, -0.2) is 9.59 Å². The van der Waals surface area contributed by atoms with E-state index in [1.54, 1.807) is 48.5 Å². The second-order valence-corrected chi connectivity index (χ2v) is 11.7. The molecule has 5 aromatic rings. The Balaban J connectivity index is 1.19. The molecule has 0 aliphatic rings. The molecule has 0 heterocycles. The maximum Gasteiger partial charge on any atom is 0.343 e. The number of hydrogen-bond acceptors (Lipinski definition) is 6. The van der Waals surface area contributed by atoms with Crippen LogP contribution >= 0.6 is 0 Å². The second-order valence-electron chi connectivity index (χ2n) is 11.7. The molecule has 2 N–H and O–H groups in total. The second kappa shape index (κ2) is 12.1. The van der Waals surface area contributed by atoms with Crippen molar-refractivity contribution in [1.82, 2.24) is 0 Å². The molecular formula is C38H34O6. The van der Waals surface area contributed by atoms with Gasteiger partial charge in [-0.15, -0.1) is 0 Å². The number of ether oxygens (including phenoxy) is 2. The van der Waals surface area contributed by atoms with Crippen molar-refractivity contribution in [2.45, 2.75) is 38.5 Å². The molecular weight excluding hydrogens is 552 g/mol. The van der Waals surface area contributed by atoms with Crippen LogP contribution in [0.25, 0.3) is 0 Å². The summed E-state index contributed by atoms with van der Waals surface area (Å²) in [4.78, 5) is 25.6. The molecule has 0 aliphatic heterocycles. The monoisotopic (exact) mass is 586 g/mol. The summed E-state index contributed by atoms with van der Waals surface area (Å²) in [6, 6.07) is 35.0. The highest BCUT2D eigenvalue weighted by atomic mass is 16.5. The molecule has 0 saturated carbocycles. The van der Waals surface area contributed by atoms with E-state index in [1.807, 2.05) is 48.5 Å². The van der Waals surface area contributed by atoms with Crippen LogP contribution in [0.3, 0.4) is 0 Å². The van der Waals surface area contributed by atoms with Crippen LogP contribution < -0.4 is 9.47 Å². The maximum absolute atomic E-state index is 12.8.